The molecular weight excluding hydrogens is 392 g/mol. The van der Waals surface area contributed by atoms with Crippen LogP contribution in [0, 0.1) is 5.92 Å². The van der Waals surface area contributed by atoms with E-state index in [0.29, 0.717) is 23.8 Å². The van der Waals surface area contributed by atoms with E-state index in [1.165, 1.54) is 12.8 Å². The van der Waals surface area contributed by atoms with E-state index in [-0.39, 0.29) is 30.2 Å². The molecule has 1 heterocycles. The van der Waals surface area contributed by atoms with Crippen LogP contribution in [0.3, 0.4) is 0 Å². The third kappa shape index (κ3) is 7.98. The SMILES string of the molecule is CCCCCCNC(=O)C1CCCN(CC(=O)Nc2cccc(C(=O)NC3CC3)c2)C1. The highest BCUT2D eigenvalue weighted by atomic mass is 16.2. The molecule has 31 heavy (non-hydrogen) atoms. The van der Waals surface area contributed by atoms with E-state index < -0.39 is 0 Å². The summed E-state index contributed by atoms with van der Waals surface area (Å²) in [6.45, 7) is 4.59. The molecule has 1 saturated carbocycles. The summed E-state index contributed by atoms with van der Waals surface area (Å²) in [4.78, 5) is 39.3. The van der Waals surface area contributed by atoms with Gasteiger partial charge in [-0.3, -0.25) is 19.3 Å². The first-order valence-corrected chi connectivity index (χ1v) is 11.8. The average molecular weight is 429 g/mol. The summed E-state index contributed by atoms with van der Waals surface area (Å²) in [7, 11) is 0. The summed E-state index contributed by atoms with van der Waals surface area (Å²) in [6, 6.07) is 7.33. The second-order valence-electron chi connectivity index (χ2n) is 8.80. The van der Waals surface area contributed by atoms with E-state index in [9.17, 15) is 14.4 Å². The van der Waals surface area contributed by atoms with Crippen LogP contribution in [0.15, 0.2) is 24.3 Å². The Balaban J connectivity index is 1.42. The van der Waals surface area contributed by atoms with Gasteiger partial charge in [-0.2, -0.15) is 0 Å². The Bertz CT molecular complexity index is 763. The Hall–Kier alpha value is -2.41. The van der Waals surface area contributed by atoms with Gasteiger partial charge in [-0.25, -0.2) is 0 Å². The molecule has 1 saturated heterocycles. The molecule has 1 unspecified atom stereocenters. The molecule has 3 rings (SSSR count). The summed E-state index contributed by atoms with van der Waals surface area (Å²) in [6.07, 6.45) is 8.43. The Morgan fingerprint density at radius 3 is 2.71 bits per heavy atom. The Morgan fingerprint density at radius 2 is 1.94 bits per heavy atom. The number of anilines is 1. The normalized spacial score (nSPS) is 18.9. The van der Waals surface area contributed by atoms with E-state index in [1.807, 2.05) is 4.90 Å². The van der Waals surface area contributed by atoms with Gasteiger partial charge in [0, 0.05) is 30.4 Å². The number of nitrogens with one attached hydrogen (secondary N) is 3. The molecule has 0 aromatic heterocycles. The van der Waals surface area contributed by atoms with Crippen molar-refractivity contribution in [3.8, 4) is 0 Å². The number of likely N-dealkylation sites (tertiary alicyclic amines) is 1. The van der Waals surface area contributed by atoms with Crippen molar-refractivity contribution in [3.63, 3.8) is 0 Å². The zero-order chi connectivity index (χ0) is 22.1. The minimum absolute atomic E-state index is 0.0535. The molecule has 0 radical (unpaired) electrons. The molecule has 170 valence electrons. The first-order chi connectivity index (χ1) is 15.0. The minimum atomic E-state index is -0.125. The first-order valence-electron chi connectivity index (χ1n) is 11.8. The fraction of sp³-hybridized carbons (Fsp3) is 0.625. The summed E-state index contributed by atoms with van der Waals surface area (Å²) >= 11 is 0. The van der Waals surface area contributed by atoms with E-state index in [4.69, 9.17) is 0 Å². The molecule has 7 heteroatoms. The average Bonchev–Trinajstić information content (AvgIpc) is 3.57. The molecule has 1 aromatic rings. The highest BCUT2D eigenvalue weighted by Gasteiger charge is 2.27. The second kappa shape index (κ2) is 11.8. The largest absolute Gasteiger partial charge is 0.356 e. The fourth-order valence-electron chi connectivity index (χ4n) is 3.96. The third-order valence-electron chi connectivity index (χ3n) is 5.89. The van der Waals surface area contributed by atoms with Crippen LogP contribution >= 0.6 is 0 Å². The molecule has 3 amide bonds. The van der Waals surface area contributed by atoms with Crippen molar-refractivity contribution in [3.05, 3.63) is 29.8 Å². The topological polar surface area (TPSA) is 90.5 Å². The number of benzene rings is 1. The van der Waals surface area contributed by atoms with Gasteiger partial charge in [0.25, 0.3) is 5.91 Å². The van der Waals surface area contributed by atoms with Crippen LogP contribution in [-0.4, -0.2) is 54.8 Å². The molecule has 2 aliphatic rings. The van der Waals surface area contributed by atoms with Crippen LogP contribution in [0.4, 0.5) is 5.69 Å². The molecular formula is C24H36N4O3. The number of amides is 3. The predicted octanol–water partition coefficient (Wildman–Crippen LogP) is 2.93. The van der Waals surface area contributed by atoms with Gasteiger partial charge in [0.1, 0.15) is 0 Å². The maximum absolute atomic E-state index is 12.5. The van der Waals surface area contributed by atoms with Gasteiger partial charge in [-0.15, -0.1) is 0 Å². The summed E-state index contributed by atoms with van der Waals surface area (Å²) in [5, 5.41) is 8.90. The molecule has 1 aliphatic heterocycles. The van der Waals surface area contributed by atoms with Crippen molar-refractivity contribution in [2.24, 2.45) is 5.92 Å². The number of hydrogen-bond acceptors (Lipinski definition) is 4. The first kappa shape index (κ1) is 23.3. The standard InChI is InChI=1S/C24H36N4O3/c1-2-3-4-5-13-25-23(30)19-9-7-14-28(16-19)17-22(29)26-21-10-6-8-18(15-21)24(31)27-20-11-12-20/h6,8,10,15,19-20H,2-5,7,9,11-14,16-17H2,1H3,(H,25,30)(H,26,29)(H,27,31). The van der Waals surface area contributed by atoms with E-state index in [2.05, 4.69) is 22.9 Å². The van der Waals surface area contributed by atoms with Crippen LogP contribution in [0.25, 0.3) is 0 Å². The molecule has 0 spiro atoms. The van der Waals surface area contributed by atoms with Crippen LogP contribution in [0.1, 0.15) is 68.6 Å². The molecule has 7 nitrogen and oxygen atoms in total. The summed E-state index contributed by atoms with van der Waals surface area (Å²) < 4.78 is 0. The second-order valence-corrected chi connectivity index (χ2v) is 8.80. The van der Waals surface area contributed by atoms with Gasteiger partial charge < -0.3 is 16.0 Å². The number of carbonyl (C=O) groups excluding carboxylic acids is 3. The number of rotatable bonds is 11. The van der Waals surface area contributed by atoms with E-state index >= 15 is 0 Å². The summed E-state index contributed by atoms with van der Waals surface area (Å²) in [5.74, 6) is -0.170. The highest BCUT2D eigenvalue weighted by molar-refractivity contribution is 5.97. The van der Waals surface area contributed by atoms with E-state index in [1.54, 1.807) is 24.3 Å². The number of nitrogens with zero attached hydrogens (tertiary/aromatic N) is 1. The van der Waals surface area contributed by atoms with Gasteiger partial charge in [-0.1, -0.05) is 32.3 Å². The predicted molar refractivity (Wildman–Crippen MR) is 122 cm³/mol. The van der Waals surface area contributed by atoms with Crippen molar-refractivity contribution in [2.45, 2.75) is 64.3 Å². The van der Waals surface area contributed by atoms with Crippen molar-refractivity contribution < 1.29 is 14.4 Å². The molecule has 1 aliphatic carbocycles. The number of hydrogen-bond donors (Lipinski definition) is 3. The highest BCUT2D eigenvalue weighted by Crippen LogP contribution is 2.20. The van der Waals surface area contributed by atoms with Crippen LogP contribution in [-0.2, 0) is 9.59 Å². The number of carbonyl (C=O) groups is 3. The maximum atomic E-state index is 12.5. The smallest absolute Gasteiger partial charge is 0.251 e. The van der Waals surface area contributed by atoms with Gasteiger partial charge in [0.15, 0.2) is 0 Å². The van der Waals surface area contributed by atoms with Crippen molar-refractivity contribution in [2.75, 3.05) is 31.5 Å². The zero-order valence-electron chi connectivity index (χ0n) is 18.6. The molecule has 3 N–H and O–H groups in total. The zero-order valence-corrected chi connectivity index (χ0v) is 18.6. The Labute approximate surface area is 185 Å². The van der Waals surface area contributed by atoms with Gasteiger partial charge in [-0.05, 0) is 56.8 Å². The van der Waals surface area contributed by atoms with Gasteiger partial charge in [0.2, 0.25) is 11.8 Å². The van der Waals surface area contributed by atoms with Gasteiger partial charge in [0.05, 0.1) is 12.5 Å². The fourth-order valence-corrected chi connectivity index (χ4v) is 3.96. The Kier molecular flexibility index (Phi) is 8.88. The Morgan fingerprint density at radius 1 is 1.10 bits per heavy atom. The van der Waals surface area contributed by atoms with Crippen LogP contribution in [0.2, 0.25) is 0 Å². The quantitative estimate of drug-likeness (QED) is 0.473. The van der Waals surface area contributed by atoms with Crippen LogP contribution < -0.4 is 16.0 Å². The number of unbranched alkanes of at least 4 members (excludes halogenated alkanes) is 3. The van der Waals surface area contributed by atoms with Gasteiger partial charge >= 0.3 is 0 Å². The van der Waals surface area contributed by atoms with Crippen molar-refractivity contribution >= 4 is 23.4 Å². The molecule has 1 aromatic carbocycles. The molecule has 0 bridgehead atoms. The van der Waals surface area contributed by atoms with Crippen LogP contribution in [0.5, 0.6) is 0 Å². The molecule has 1 atom stereocenters. The maximum Gasteiger partial charge on any atom is 0.251 e. The van der Waals surface area contributed by atoms with E-state index in [0.717, 1.165) is 51.6 Å². The molecule has 2 fully saturated rings. The number of piperidine rings is 1. The lowest BCUT2D eigenvalue weighted by Gasteiger charge is -2.31. The minimum Gasteiger partial charge on any atom is -0.356 e. The van der Waals surface area contributed by atoms with Crippen molar-refractivity contribution in [1.82, 2.24) is 15.5 Å². The third-order valence-corrected chi connectivity index (χ3v) is 5.89. The van der Waals surface area contributed by atoms with Crippen molar-refractivity contribution in [1.29, 1.82) is 0 Å². The lowest BCUT2D eigenvalue weighted by molar-refractivity contribution is -0.128. The monoisotopic (exact) mass is 428 g/mol. The summed E-state index contributed by atoms with van der Waals surface area (Å²) in [5.41, 5.74) is 1.17. The lowest BCUT2D eigenvalue weighted by Crippen LogP contribution is -2.45. The lowest BCUT2D eigenvalue weighted by atomic mass is 9.97.